The van der Waals surface area contributed by atoms with Crippen molar-refractivity contribution in [2.75, 3.05) is 33.2 Å². The number of likely N-dealkylation sites (tertiary alicyclic amines) is 1. The van der Waals surface area contributed by atoms with Gasteiger partial charge in [-0.1, -0.05) is 6.92 Å². The first kappa shape index (κ1) is 15.9. The van der Waals surface area contributed by atoms with E-state index in [1.54, 1.807) is 0 Å². The highest BCUT2D eigenvalue weighted by atomic mass is 16.3. The summed E-state index contributed by atoms with van der Waals surface area (Å²) >= 11 is 0. The van der Waals surface area contributed by atoms with Gasteiger partial charge in [-0.25, -0.2) is 0 Å². The molecule has 1 saturated heterocycles. The molecule has 1 aliphatic heterocycles. The fourth-order valence-corrected chi connectivity index (χ4v) is 2.75. The summed E-state index contributed by atoms with van der Waals surface area (Å²) in [5.41, 5.74) is 0. The number of furan rings is 1. The Bertz CT molecular complexity index is 449. The molecule has 0 amide bonds. The average Bonchev–Trinajstić information content (AvgIpc) is 3.15. The zero-order valence-electron chi connectivity index (χ0n) is 13.5. The van der Waals surface area contributed by atoms with Crippen molar-refractivity contribution in [3.05, 3.63) is 23.7 Å². The topological polar surface area (TPSA) is 52.8 Å². The highest BCUT2D eigenvalue weighted by Crippen LogP contribution is 2.25. The average molecular weight is 292 g/mol. The molecule has 1 aromatic rings. The van der Waals surface area contributed by atoms with Gasteiger partial charge in [0.25, 0.3) is 0 Å². The van der Waals surface area contributed by atoms with Gasteiger partial charge >= 0.3 is 0 Å². The van der Waals surface area contributed by atoms with E-state index in [-0.39, 0.29) is 6.04 Å². The molecule has 5 heteroatoms. The first-order chi connectivity index (χ1) is 10.2. The van der Waals surface area contributed by atoms with Crippen LogP contribution in [0.4, 0.5) is 0 Å². The molecule has 2 rings (SSSR count). The van der Waals surface area contributed by atoms with E-state index in [0.29, 0.717) is 0 Å². The number of hydrogen-bond acceptors (Lipinski definition) is 3. The second-order valence-electron chi connectivity index (χ2n) is 5.59. The molecule has 0 saturated carbocycles. The molecule has 2 heterocycles. The van der Waals surface area contributed by atoms with Crippen LogP contribution in [0, 0.1) is 6.92 Å². The molecule has 1 aromatic heterocycles. The van der Waals surface area contributed by atoms with Crippen LogP contribution in [0.15, 0.2) is 21.5 Å². The van der Waals surface area contributed by atoms with Crippen LogP contribution in [0.3, 0.4) is 0 Å². The van der Waals surface area contributed by atoms with Crippen molar-refractivity contribution in [2.45, 2.75) is 39.2 Å². The molecule has 0 bridgehead atoms. The molecular formula is C16H28N4O. The van der Waals surface area contributed by atoms with Crippen LogP contribution in [0.25, 0.3) is 0 Å². The van der Waals surface area contributed by atoms with Gasteiger partial charge in [-0.15, -0.1) is 0 Å². The third kappa shape index (κ3) is 4.49. The Morgan fingerprint density at radius 2 is 2.10 bits per heavy atom. The van der Waals surface area contributed by atoms with Gasteiger partial charge in [0, 0.05) is 20.1 Å². The van der Waals surface area contributed by atoms with Crippen LogP contribution >= 0.6 is 0 Å². The standard InChI is InChI=1S/C16H28N4O/c1-4-9-18-16(17-3)19-12-14(20-10-5-6-11-20)15-8-7-13(2)21-15/h7-8,14H,4-6,9-12H2,1-3H3,(H2,17,18,19). The lowest BCUT2D eigenvalue weighted by molar-refractivity contribution is 0.213. The zero-order valence-corrected chi connectivity index (χ0v) is 13.5. The minimum atomic E-state index is 0.279. The summed E-state index contributed by atoms with van der Waals surface area (Å²) in [5, 5.41) is 6.74. The Labute approximate surface area is 127 Å². The van der Waals surface area contributed by atoms with Gasteiger partial charge in [-0.05, 0) is 51.4 Å². The minimum Gasteiger partial charge on any atom is -0.465 e. The molecule has 2 N–H and O–H groups in total. The van der Waals surface area contributed by atoms with Crippen molar-refractivity contribution in [1.29, 1.82) is 0 Å². The summed E-state index contributed by atoms with van der Waals surface area (Å²) in [5.74, 6) is 2.89. The van der Waals surface area contributed by atoms with Crippen LogP contribution in [0.5, 0.6) is 0 Å². The van der Waals surface area contributed by atoms with Crippen molar-refractivity contribution in [3.8, 4) is 0 Å². The molecule has 0 spiro atoms. The molecule has 0 radical (unpaired) electrons. The third-order valence-electron chi connectivity index (χ3n) is 3.90. The fourth-order valence-electron chi connectivity index (χ4n) is 2.75. The maximum Gasteiger partial charge on any atom is 0.191 e. The van der Waals surface area contributed by atoms with Crippen LogP contribution in [-0.2, 0) is 0 Å². The molecule has 1 aliphatic rings. The lowest BCUT2D eigenvalue weighted by Crippen LogP contribution is -2.42. The van der Waals surface area contributed by atoms with Gasteiger partial charge in [0.15, 0.2) is 5.96 Å². The number of aliphatic imine (C=N–C) groups is 1. The highest BCUT2D eigenvalue weighted by Gasteiger charge is 2.25. The van der Waals surface area contributed by atoms with Gasteiger partial charge in [0.1, 0.15) is 11.5 Å². The van der Waals surface area contributed by atoms with Gasteiger partial charge in [0.05, 0.1) is 6.04 Å². The fraction of sp³-hybridized carbons (Fsp3) is 0.688. The van der Waals surface area contributed by atoms with Gasteiger partial charge in [0.2, 0.25) is 0 Å². The van der Waals surface area contributed by atoms with E-state index in [1.807, 2.05) is 20.0 Å². The lowest BCUT2D eigenvalue weighted by Gasteiger charge is -2.26. The van der Waals surface area contributed by atoms with Crippen molar-refractivity contribution in [1.82, 2.24) is 15.5 Å². The highest BCUT2D eigenvalue weighted by molar-refractivity contribution is 5.79. The van der Waals surface area contributed by atoms with Crippen molar-refractivity contribution in [3.63, 3.8) is 0 Å². The quantitative estimate of drug-likeness (QED) is 0.624. The molecule has 118 valence electrons. The number of hydrogen-bond donors (Lipinski definition) is 2. The van der Waals surface area contributed by atoms with Crippen molar-refractivity contribution < 1.29 is 4.42 Å². The van der Waals surface area contributed by atoms with Crippen LogP contribution in [0.2, 0.25) is 0 Å². The third-order valence-corrected chi connectivity index (χ3v) is 3.90. The van der Waals surface area contributed by atoms with E-state index >= 15 is 0 Å². The van der Waals surface area contributed by atoms with E-state index < -0.39 is 0 Å². The van der Waals surface area contributed by atoms with Gasteiger partial charge in [-0.3, -0.25) is 9.89 Å². The maximum atomic E-state index is 5.86. The van der Waals surface area contributed by atoms with E-state index in [4.69, 9.17) is 4.42 Å². The number of guanidine groups is 1. The van der Waals surface area contributed by atoms with Crippen molar-refractivity contribution in [2.24, 2.45) is 4.99 Å². The monoisotopic (exact) mass is 292 g/mol. The number of aryl methyl sites for hydroxylation is 1. The Morgan fingerprint density at radius 3 is 2.67 bits per heavy atom. The number of nitrogens with one attached hydrogen (secondary N) is 2. The molecule has 21 heavy (non-hydrogen) atoms. The Hall–Kier alpha value is -1.49. The van der Waals surface area contributed by atoms with Crippen LogP contribution < -0.4 is 10.6 Å². The van der Waals surface area contributed by atoms with Crippen LogP contribution in [-0.4, -0.2) is 44.1 Å². The second kappa shape index (κ2) is 8.08. The van der Waals surface area contributed by atoms with E-state index in [9.17, 15) is 0 Å². The molecule has 1 unspecified atom stereocenters. The van der Waals surface area contributed by atoms with E-state index in [0.717, 1.165) is 50.1 Å². The molecule has 0 aliphatic carbocycles. The molecule has 1 atom stereocenters. The summed E-state index contributed by atoms with van der Waals surface area (Å²) in [6.45, 7) is 8.20. The summed E-state index contributed by atoms with van der Waals surface area (Å²) in [7, 11) is 1.81. The number of rotatable bonds is 6. The van der Waals surface area contributed by atoms with Gasteiger partial charge in [-0.2, -0.15) is 0 Å². The lowest BCUT2D eigenvalue weighted by atomic mass is 10.2. The molecule has 0 aromatic carbocycles. The zero-order chi connectivity index (χ0) is 15.1. The summed E-state index contributed by atoms with van der Waals surface area (Å²) in [6.07, 6.45) is 3.64. The normalized spacial score (nSPS) is 18.0. The SMILES string of the molecule is CCCNC(=NC)NCC(c1ccc(C)o1)N1CCCC1. The predicted molar refractivity (Wildman–Crippen MR) is 86.6 cm³/mol. The van der Waals surface area contributed by atoms with E-state index in [1.165, 1.54) is 12.8 Å². The van der Waals surface area contributed by atoms with E-state index in [2.05, 4.69) is 33.5 Å². The van der Waals surface area contributed by atoms with Crippen LogP contribution in [0.1, 0.15) is 43.7 Å². The smallest absolute Gasteiger partial charge is 0.191 e. The second-order valence-corrected chi connectivity index (χ2v) is 5.59. The number of nitrogens with zero attached hydrogens (tertiary/aromatic N) is 2. The Kier molecular flexibility index (Phi) is 6.11. The predicted octanol–water partition coefficient (Wildman–Crippen LogP) is 2.30. The summed E-state index contributed by atoms with van der Waals surface area (Å²) in [4.78, 5) is 6.77. The van der Waals surface area contributed by atoms with Crippen molar-refractivity contribution >= 4 is 5.96 Å². The summed E-state index contributed by atoms with van der Waals surface area (Å²) in [6, 6.07) is 4.42. The Balaban J connectivity index is 1.99. The minimum absolute atomic E-state index is 0.279. The molecule has 5 nitrogen and oxygen atoms in total. The Morgan fingerprint density at radius 1 is 1.33 bits per heavy atom. The van der Waals surface area contributed by atoms with Gasteiger partial charge < -0.3 is 15.1 Å². The molecular weight excluding hydrogens is 264 g/mol. The largest absolute Gasteiger partial charge is 0.465 e. The molecule has 1 fully saturated rings. The first-order valence-electron chi connectivity index (χ1n) is 7.99. The first-order valence-corrected chi connectivity index (χ1v) is 7.99. The maximum absolute atomic E-state index is 5.86. The summed E-state index contributed by atoms with van der Waals surface area (Å²) < 4.78 is 5.86.